The maximum Gasteiger partial charge on any atom is 0.330 e. The first-order valence-corrected chi connectivity index (χ1v) is 9.48. The van der Waals surface area contributed by atoms with Crippen LogP contribution in [0.5, 0.6) is 0 Å². The van der Waals surface area contributed by atoms with Crippen LogP contribution in [-0.4, -0.2) is 28.4 Å². The van der Waals surface area contributed by atoms with Gasteiger partial charge in [-0.15, -0.1) is 11.3 Å². The molecule has 7 nitrogen and oxygen atoms in total. The van der Waals surface area contributed by atoms with Crippen LogP contribution in [0.25, 0.3) is 0 Å². The van der Waals surface area contributed by atoms with Crippen LogP contribution in [0.4, 0.5) is 0 Å². The summed E-state index contributed by atoms with van der Waals surface area (Å²) in [6.07, 6.45) is 2.59. The Morgan fingerprint density at radius 1 is 1.26 bits per heavy atom. The van der Waals surface area contributed by atoms with E-state index in [-0.39, 0.29) is 10.9 Å². The average Bonchev–Trinajstić information content (AvgIpc) is 3.18. The highest BCUT2D eigenvalue weighted by atomic mass is 32.2. The summed E-state index contributed by atoms with van der Waals surface area (Å²) in [5, 5.41) is 1.91. The van der Waals surface area contributed by atoms with Gasteiger partial charge in [0.05, 0.1) is 6.04 Å². The Bertz CT molecular complexity index is 941. The Hall–Kier alpha value is -1.71. The van der Waals surface area contributed by atoms with Crippen molar-refractivity contribution in [3.8, 4) is 0 Å². The zero-order valence-electron chi connectivity index (χ0n) is 12.8. The number of aryl methyl sites for hydroxylation is 1. The third-order valence-electron chi connectivity index (χ3n) is 4.08. The van der Waals surface area contributed by atoms with E-state index in [1.807, 2.05) is 17.5 Å². The van der Waals surface area contributed by atoms with E-state index in [4.69, 9.17) is 0 Å². The molecule has 1 atom stereocenters. The minimum atomic E-state index is -3.96. The summed E-state index contributed by atoms with van der Waals surface area (Å²) in [5.41, 5.74) is -1.34. The highest BCUT2D eigenvalue weighted by Gasteiger charge is 2.38. The second kappa shape index (κ2) is 5.73. The van der Waals surface area contributed by atoms with E-state index in [1.54, 1.807) is 0 Å². The molecule has 0 saturated carbocycles. The van der Waals surface area contributed by atoms with Crippen LogP contribution in [0.1, 0.15) is 23.8 Å². The lowest BCUT2D eigenvalue weighted by Gasteiger charge is -2.23. The molecule has 0 N–H and O–H groups in total. The Balaban J connectivity index is 2.13. The van der Waals surface area contributed by atoms with E-state index in [0.29, 0.717) is 6.54 Å². The molecule has 0 bridgehead atoms. The van der Waals surface area contributed by atoms with Crippen molar-refractivity contribution < 1.29 is 8.42 Å². The number of hydrogen-bond acceptors (Lipinski definition) is 5. The van der Waals surface area contributed by atoms with Crippen molar-refractivity contribution in [3.63, 3.8) is 0 Å². The van der Waals surface area contributed by atoms with Gasteiger partial charge >= 0.3 is 5.69 Å². The number of rotatable bonds is 3. The summed E-state index contributed by atoms with van der Waals surface area (Å²) in [4.78, 5) is 24.7. The lowest BCUT2D eigenvalue weighted by Crippen LogP contribution is -2.42. The van der Waals surface area contributed by atoms with Gasteiger partial charge in [-0.05, 0) is 24.3 Å². The molecule has 1 aliphatic rings. The Morgan fingerprint density at radius 2 is 2.00 bits per heavy atom. The van der Waals surface area contributed by atoms with Gasteiger partial charge < -0.3 is 4.57 Å². The molecule has 1 aliphatic heterocycles. The molecule has 0 radical (unpaired) electrons. The van der Waals surface area contributed by atoms with Gasteiger partial charge in [0.1, 0.15) is 0 Å². The summed E-state index contributed by atoms with van der Waals surface area (Å²) in [5.74, 6) is 0. The maximum absolute atomic E-state index is 13.0. The fourth-order valence-electron chi connectivity index (χ4n) is 2.87. The van der Waals surface area contributed by atoms with E-state index in [2.05, 4.69) is 0 Å². The number of sulfonamides is 1. The van der Waals surface area contributed by atoms with Crippen molar-refractivity contribution in [1.29, 1.82) is 0 Å². The molecule has 3 heterocycles. The van der Waals surface area contributed by atoms with E-state index < -0.39 is 21.3 Å². The smallest absolute Gasteiger partial charge is 0.302 e. The SMILES string of the molecule is Cn1cc(S(=O)(=O)N2CCC[C@@H]2c2cccs2)c(=O)n(C)c1=O. The number of thiophene rings is 1. The van der Waals surface area contributed by atoms with E-state index in [1.165, 1.54) is 29.7 Å². The molecular weight excluding hydrogens is 338 g/mol. The quantitative estimate of drug-likeness (QED) is 0.810. The largest absolute Gasteiger partial charge is 0.330 e. The van der Waals surface area contributed by atoms with E-state index in [0.717, 1.165) is 33.0 Å². The van der Waals surface area contributed by atoms with Crippen LogP contribution in [0.2, 0.25) is 0 Å². The standard InChI is InChI=1S/C14H17N3O4S2/c1-15-9-12(13(18)16(2)14(15)19)23(20,21)17-7-3-5-10(17)11-6-4-8-22-11/h4,6,8-10H,3,5,7H2,1-2H3/t10-/m1/s1. The molecule has 2 aromatic heterocycles. The molecule has 0 aliphatic carbocycles. The Kier molecular flexibility index (Phi) is 4.03. The van der Waals surface area contributed by atoms with E-state index >= 15 is 0 Å². The van der Waals surface area contributed by atoms with Crippen LogP contribution in [-0.2, 0) is 24.1 Å². The first kappa shape index (κ1) is 16.2. The minimum Gasteiger partial charge on any atom is -0.302 e. The lowest BCUT2D eigenvalue weighted by atomic mass is 10.2. The molecule has 23 heavy (non-hydrogen) atoms. The van der Waals surface area contributed by atoms with Gasteiger partial charge in [-0.2, -0.15) is 4.31 Å². The van der Waals surface area contributed by atoms with Crippen molar-refractivity contribution >= 4 is 21.4 Å². The average molecular weight is 355 g/mol. The van der Waals surface area contributed by atoms with Crippen molar-refractivity contribution in [2.24, 2.45) is 14.1 Å². The monoisotopic (exact) mass is 355 g/mol. The van der Waals surface area contributed by atoms with Crippen molar-refractivity contribution in [3.05, 3.63) is 49.4 Å². The van der Waals surface area contributed by atoms with Crippen molar-refractivity contribution in [2.75, 3.05) is 6.54 Å². The minimum absolute atomic E-state index is 0.248. The second-order valence-electron chi connectivity index (χ2n) is 5.54. The topological polar surface area (TPSA) is 81.4 Å². The maximum atomic E-state index is 13.0. The molecular formula is C14H17N3O4S2. The van der Waals surface area contributed by atoms with Gasteiger partial charge in [0.2, 0.25) is 0 Å². The van der Waals surface area contributed by atoms with Gasteiger partial charge in [-0.3, -0.25) is 9.36 Å². The Morgan fingerprint density at radius 3 is 2.65 bits per heavy atom. The predicted octanol–water partition coefficient (Wildman–Crippen LogP) is 0.671. The molecule has 2 aromatic rings. The summed E-state index contributed by atoms with van der Waals surface area (Å²) < 4.78 is 29.3. The van der Waals surface area contributed by atoms with Gasteiger partial charge in [0.15, 0.2) is 4.90 Å². The molecule has 0 spiro atoms. The summed E-state index contributed by atoms with van der Waals surface area (Å²) in [6.45, 7) is 0.372. The summed E-state index contributed by atoms with van der Waals surface area (Å²) >= 11 is 1.50. The Labute approximate surface area is 137 Å². The van der Waals surface area contributed by atoms with Gasteiger partial charge in [0.25, 0.3) is 15.6 Å². The zero-order chi connectivity index (χ0) is 16.8. The van der Waals surface area contributed by atoms with Crippen LogP contribution >= 0.6 is 11.3 Å². The summed E-state index contributed by atoms with van der Waals surface area (Å²) in [7, 11) is -1.25. The first-order valence-electron chi connectivity index (χ1n) is 7.16. The van der Waals surface area contributed by atoms with Gasteiger partial charge in [-0.1, -0.05) is 6.07 Å². The van der Waals surface area contributed by atoms with Gasteiger partial charge in [-0.25, -0.2) is 13.2 Å². The fourth-order valence-corrected chi connectivity index (χ4v) is 5.64. The molecule has 1 saturated heterocycles. The predicted molar refractivity (Wildman–Crippen MR) is 87.1 cm³/mol. The third kappa shape index (κ3) is 2.58. The fraction of sp³-hybridized carbons (Fsp3) is 0.429. The van der Waals surface area contributed by atoms with Crippen LogP contribution in [0.15, 0.2) is 38.2 Å². The molecule has 124 valence electrons. The highest BCUT2D eigenvalue weighted by Crippen LogP contribution is 2.37. The van der Waals surface area contributed by atoms with Crippen molar-refractivity contribution in [1.82, 2.24) is 13.4 Å². The zero-order valence-corrected chi connectivity index (χ0v) is 14.4. The van der Waals surface area contributed by atoms with Crippen LogP contribution in [0, 0.1) is 0 Å². The van der Waals surface area contributed by atoms with E-state index in [9.17, 15) is 18.0 Å². The second-order valence-corrected chi connectivity index (χ2v) is 8.38. The third-order valence-corrected chi connectivity index (χ3v) is 6.94. The number of hydrogen-bond donors (Lipinski definition) is 0. The lowest BCUT2D eigenvalue weighted by molar-refractivity contribution is 0.399. The normalized spacial score (nSPS) is 19.3. The molecule has 0 aromatic carbocycles. The van der Waals surface area contributed by atoms with Crippen LogP contribution < -0.4 is 11.2 Å². The number of nitrogens with zero attached hydrogens (tertiary/aromatic N) is 3. The van der Waals surface area contributed by atoms with Gasteiger partial charge in [0, 0.05) is 31.7 Å². The molecule has 1 fully saturated rings. The van der Waals surface area contributed by atoms with Crippen LogP contribution in [0.3, 0.4) is 0 Å². The molecule has 3 rings (SSSR count). The molecule has 9 heteroatoms. The molecule has 0 amide bonds. The first-order chi connectivity index (χ1) is 10.8. The highest BCUT2D eigenvalue weighted by molar-refractivity contribution is 7.89. The number of aromatic nitrogens is 2. The molecule has 0 unspecified atom stereocenters. The van der Waals surface area contributed by atoms with Crippen molar-refractivity contribution in [2.45, 2.75) is 23.8 Å². The summed E-state index contributed by atoms with van der Waals surface area (Å²) in [6, 6.07) is 3.54.